The minimum Gasteiger partial charge on any atom is -0.481 e. The molecule has 20 heavy (non-hydrogen) atoms. The van der Waals surface area contributed by atoms with Crippen LogP contribution in [0.15, 0.2) is 23.1 Å². The molecule has 0 atom stereocenters. The minimum atomic E-state index is -3.87. The Morgan fingerprint density at radius 2 is 2.00 bits per heavy atom. The van der Waals surface area contributed by atoms with Crippen LogP contribution in [0.1, 0.15) is 22.3 Å². The highest BCUT2D eigenvalue weighted by Crippen LogP contribution is 2.17. The number of carboxylic acids is 1. The van der Waals surface area contributed by atoms with Crippen molar-refractivity contribution >= 4 is 22.0 Å². The van der Waals surface area contributed by atoms with Crippen molar-refractivity contribution in [1.29, 1.82) is 0 Å². The molecule has 2 N–H and O–H groups in total. The Hall–Kier alpha value is -1.93. The van der Waals surface area contributed by atoms with Gasteiger partial charge in [0.25, 0.3) is 0 Å². The lowest BCUT2D eigenvalue weighted by molar-refractivity contribution is -0.136. The van der Waals surface area contributed by atoms with E-state index in [2.05, 4.69) is 9.46 Å². The van der Waals surface area contributed by atoms with Gasteiger partial charge in [0.1, 0.15) is 0 Å². The molecule has 0 spiro atoms. The average Bonchev–Trinajstić information content (AvgIpc) is 2.37. The van der Waals surface area contributed by atoms with Crippen molar-refractivity contribution < 1.29 is 27.9 Å². The van der Waals surface area contributed by atoms with E-state index in [1.54, 1.807) is 6.92 Å². The fourth-order valence-electron chi connectivity index (χ4n) is 1.50. The molecule has 0 radical (unpaired) electrons. The molecule has 8 heteroatoms. The third-order valence-electron chi connectivity index (χ3n) is 2.53. The number of aliphatic carboxylic acids is 1. The van der Waals surface area contributed by atoms with Crippen LogP contribution in [0, 0.1) is 6.92 Å². The number of rotatable bonds is 6. The predicted octanol–water partition coefficient (Wildman–Crippen LogP) is 0.535. The largest absolute Gasteiger partial charge is 0.481 e. The van der Waals surface area contributed by atoms with Crippen LogP contribution < -0.4 is 4.72 Å². The standard InChI is InChI=1S/C12H15NO6S/c1-8-3-4-9(12(16)19-2)7-10(8)20(17,18)13-6-5-11(14)15/h3-4,7,13H,5-6H2,1-2H3,(H,14,15). The number of esters is 1. The molecular formula is C12H15NO6S. The van der Waals surface area contributed by atoms with E-state index in [0.717, 1.165) is 0 Å². The zero-order valence-electron chi connectivity index (χ0n) is 11.0. The van der Waals surface area contributed by atoms with Gasteiger partial charge in [-0.05, 0) is 24.6 Å². The Balaban J connectivity index is 3.04. The Bertz CT molecular complexity index is 623. The molecule has 0 aliphatic heterocycles. The van der Waals surface area contributed by atoms with Crippen molar-refractivity contribution in [1.82, 2.24) is 4.72 Å². The second-order valence-electron chi connectivity index (χ2n) is 4.01. The molecule has 0 saturated heterocycles. The lowest BCUT2D eigenvalue weighted by Crippen LogP contribution is -2.27. The van der Waals surface area contributed by atoms with Crippen LogP contribution in [0.5, 0.6) is 0 Å². The first-order valence-corrected chi connectivity index (χ1v) is 7.16. The smallest absolute Gasteiger partial charge is 0.337 e. The zero-order chi connectivity index (χ0) is 15.3. The van der Waals surface area contributed by atoms with E-state index in [9.17, 15) is 18.0 Å². The number of hydrogen-bond donors (Lipinski definition) is 2. The highest BCUT2D eigenvalue weighted by molar-refractivity contribution is 7.89. The average molecular weight is 301 g/mol. The lowest BCUT2D eigenvalue weighted by Gasteiger charge is -2.10. The van der Waals surface area contributed by atoms with Gasteiger partial charge in [-0.25, -0.2) is 17.9 Å². The molecule has 1 rings (SSSR count). The molecule has 7 nitrogen and oxygen atoms in total. The van der Waals surface area contributed by atoms with Crippen LogP contribution >= 0.6 is 0 Å². The summed E-state index contributed by atoms with van der Waals surface area (Å²) in [4.78, 5) is 21.7. The van der Waals surface area contributed by atoms with Crippen LogP contribution in [-0.2, 0) is 19.6 Å². The third kappa shape index (κ3) is 4.04. The van der Waals surface area contributed by atoms with Crippen molar-refractivity contribution in [2.24, 2.45) is 0 Å². The van der Waals surface area contributed by atoms with Crippen LogP contribution in [-0.4, -0.2) is 39.1 Å². The molecule has 0 aliphatic carbocycles. The van der Waals surface area contributed by atoms with E-state index < -0.39 is 22.0 Å². The van der Waals surface area contributed by atoms with E-state index in [1.807, 2.05) is 0 Å². The molecule has 0 bridgehead atoms. The molecule has 0 heterocycles. The van der Waals surface area contributed by atoms with Gasteiger partial charge in [-0.2, -0.15) is 0 Å². The number of carboxylic acid groups (broad SMARTS) is 1. The Morgan fingerprint density at radius 3 is 2.55 bits per heavy atom. The maximum absolute atomic E-state index is 12.0. The Labute approximate surface area is 116 Å². The number of nitrogens with one attached hydrogen (secondary N) is 1. The summed E-state index contributed by atoms with van der Waals surface area (Å²) in [5, 5.41) is 8.49. The van der Waals surface area contributed by atoms with Gasteiger partial charge in [0.15, 0.2) is 0 Å². The number of benzene rings is 1. The van der Waals surface area contributed by atoms with Crippen LogP contribution in [0.25, 0.3) is 0 Å². The second-order valence-corrected chi connectivity index (χ2v) is 5.75. The van der Waals surface area contributed by atoms with Gasteiger partial charge >= 0.3 is 11.9 Å². The third-order valence-corrected chi connectivity index (χ3v) is 4.13. The van der Waals surface area contributed by atoms with Gasteiger partial charge in [0, 0.05) is 6.54 Å². The maximum atomic E-state index is 12.0. The molecule has 0 aliphatic rings. The fraction of sp³-hybridized carbons (Fsp3) is 0.333. The van der Waals surface area contributed by atoms with Gasteiger partial charge in [-0.1, -0.05) is 6.07 Å². The summed E-state index contributed by atoms with van der Waals surface area (Å²) in [6, 6.07) is 4.14. The molecule has 0 unspecified atom stereocenters. The van der Waals surface area contributed by atoms with Crippen molar-refractivity contribution in [3.63, 3.8) is 0 Å². The van der Waals surface area contributed by atoms with Gasteiger partial charge in [0.2, 0.25) is 10.0 Å². The normalized spacial score (nSPS) is 11.1. The molecule has 1 aromatic carbocycles. The first kappa shape index (κ1) is 16.1. The highest BCUT2D eigenvalue weighted by Gasteiger charge is 2.19. The number of carbonyl (C=O) groups excluding carboxylic acids is 1. The zero-order valence-corrected chi connectivity index (χ0v) is 11.9. The monoisotopic (exact) mass is 301 g/mol. The fourth-order valence-corrected chi connectivity index (χ4v) is 2.80. The number of sulfonamides is 1. The number of carbonyl (C=O) groups is 2. The first-order chi connectivity index (χ1) is 9.27. The first-order valence-electron chi connectivity index (χ1n) is 5.68. The van der Waals surface area contributed by atoms with E-state index in [1.165, 1.54) is 25.3 Å². The summed E-state index contributed by atoms with van der Waals surface area (Å²) in [6.45, 7) is 1.35. The lowest BCUT2D eigenvalue weighted by atomic mass is 10.1. The highest BCUT2D eigenvalue weighted by atomic mass is 32.2. The van der Waals surface area contributed by atoms with Gasteiger partial charge in [0.05, 0.1) is 24.0 Å². The van der Waals surface area contributed by atoms with Crippen molar-refractivity contribution in [2.75, 3.05) is 13.7 Å². The number of hydrogen-bond acceptors (Lipinski definition) is 5. The van der Waals surface area contributed by atoms with Gasteiger partial charge in [-0.3, -0.25) is 4.79 Å². The SMILES string of the molecule is COC(=O)c1ccc(C)c(S(=O)(=O)NCCC(=O)O)c1. The quantitative estimate of drug-likeness (QED) is 0.742. The van der Waals surface area contributed by atoms with Crippen molar-refractivity contribution in [3.8, 4) is 0 Å². The minimum absolute atomic E-state index is 0.0780. The summed E-state index contributed by atoms with van der Waals surface area (Å²) < 4.78 is 30.8. The molecule has 0 amide bonds. The molecule has 0 saturated carbocycles. The van der Waals surface area contributed by atoms with E-state index in [4.69, 9.17) is 5.11 Å². The summed E-state index contributed by atoms with van der Waals surface area (Å²) >= 11 is 0. The Morgan fingerprint density at radius 1 is 1.35 bits per heavy atom. The predicted molar refractivity (Wildman–Crippen MR) is 70.0 cm³/mol. The van der Waals surface area contributed by atoms with Crippen LogP contribution in [0.2, 0.25) is 0 Å². The summed E-state index contributed by atoms with van der Waals surface area (Å²) in [6.07, 6.45) is -0.324. The molecule has 0 aromatic heterocycles. The number of ether oxygens (including phenoxy) is 1. The van der Waals surface area contributed by atoms with Crippen LogP contribution in [0.4, 0.5) is 0 Å². The van der Waals surface area contributed by atoms with Crippen LogP contribution in [0.3, 0.4) is 0 Å². The molecule has 110 valence electrons. The molecule has 1 aromatic rings. The molecule has 0 fully saturated rings. The van der Waals surface area contributed by atoms with Crippen molar-refractivity contribution in [3.05, 3.63) is 29.3 Å². The van der Waals surface area contributed by atoms with Gasteiger partial charge in [-0.15, -0.1) is 0 Å². The van der Waals surface area contributed by atoms with E-state index >= 15 is 0 Å². The van der Waals surface area contributed by atoms with Crippen molar-refractivity contribution in [2.45, 2.75) is 18.2 Å². The van der Waals surface area contributed by atoms with E-state index in [0.29, 0.717) is 5.56 Å². The van der Waals surface area contributed by atoms with E-state index in [-0.39, 0.29) is 23.4 Å². The number of methoxy groups -OCH3 is 1. The maximum Gasteiger partial charge on any atom is 0.337 e. The number of aryl methyl sites for hydroxylation is 1. The molecular weight excluding hydrogens is 286 g/mol. The summed E-state index contributed by atoms with van der Waals surface area (Å²) in [7, 11) is -2.68. The second kappa shape index (κ2) is 6.49. The summed E-state index contributed by atoms with van der Waals surface area (Å²) in [5.74, 6) is -1.75. The topological polar surface area (TPSA) is 110 Å². The summed E-state index contributed by atoms with van der Waals surface area (Å²) in [5.41, 5.74) is 0.553. The van der Waals surface area contributed by atoms with Gasteiger partial charge < -0.3 is 9.84 Å². The Kier molecular flexibility index (Phi) is 5.23.